The first-order chi connectivity index (χ1) is 7.54. The fourth-order valence-corrected chi connectivity index (χ4v) is 2.11. The van der Waals surface area contributed by atoms with E-state index in [1.54, 1.807) is 0 Å². The Balaban J connectivity index is 2.32. The lowest BCUT2D eigenvalue weighted by atomic mass is 10.0. The summed E-state index contributed by atoms with van der Waals surface area (Å²) in [7, 11) is 0. The molecule has 92 valence electrons. The van der Waals surface area contributed by atoms with Crippen molar-refractivity contribution in [1.82, 2.24) is 10.2 Å². The predicted molar refractivity (Wildman–Crippen MR) is 58.6 cm³/mol. The molecule has 1 heterocycles. The van der Waals surface area contributed by atoms with Crippen LogP contribution in [-0.2, 0) is 4.79 Å². The Kier molecular flexibility index (Phi) is 4.70. The Hall–Kier alpha value is -1.14. The first kappa shape index (κ1) is 12.9. The van der Waals surface area contributed by atoms with E-state index in [0.717, 1.165) is 13.0 Å². The molecule has 0 aromatic carbocycles. The third-order valence-electron chi connectivity index (χ3n) is 3.07. The first-order valence-corrected chi connectivity index (χ1v) is 5.48. The molecule has 1 aliphatic heterocycles. The SMILES string of the molecule is CC1CCN(CCC(=O)NC(N)=O)C1CO. The molecular weight excluding hydrogens is 210 g/mol. The molecule has 1 saturated heterocycles. The molecule has 16 heavy (non-hydrogen) atoms. The highest BCUT2D eigenvalue weighted by Gasteiger charge is 2.30. The summed E-state index contributed by atoms with van der Waals surface area (Å²) in [4.78, 5) is 23.7. The van der Waals surface area contributed by atoms with Crippen molar-refractivity contribution in [3.05, 3.63) is 0 Å². The van der Waals surface area contributed by atoms with E-state index < -0.39 is 6.03 Å². The standard InChI is InChI=1S/C10H19N3O3/c1-7-2-4-13(8(7)6-14)5-3-9(15)12-10(11)16/h7-8,14H,2-6H2,1H3,(H3,11,12,15,16). The molecule has 1 aliphatic rings. The largest absolute Gasteiger partial charge is 0.395 e. The van der Waals surface area contributed by atoms with E-state index in [1.165, 1.54) is 0 Å². The van der Waals surface area contributed by atoms with Gasteiger partial charge in [0, 0.05) is 19.0 Å². The van der Waals surface area contributed by atoms with Crippen LogP contribution < -0.4 is 11.1 Å². The van der Waals surface area contributed by atoms with E-state index in [1.807, 2.05) is 5.32 Å². The van der Waals surface area contributed by atoms with E-state index in [4.69, 9.17) is 5.73 Å². The second-order valence-electron chi connectivity index (χ2n) is 4.21. The summed E-state index contributed by atoms with van der Waals surface area (Å²) in [6.07, 6.45) is 1.26. The molecule has 2 atom stereocenters. The van der Waals surface area contributed by atoms with E-state index in [9.17, 15) is 14.7 Å². The number of nitrogens with zero attached hydrogens (tertiary/aromatic N) is 1. The Morgan fingerprint density at radius 2 is 2.25 bits per heavy atom. The van der Waals surface area contributed by atoms with Crippen molar-refractivity contribution < 1.29 is 14.7 Å². The van der Waals surface area contributed by atoms with Crippen LogP contribution >= 0.6 is 0 Å². The van der Waals surface area contributed by atoms with Crippen molar-refractivity contribution >= 4 is 11.9 Å². The minimum absolute atomic E-state index is 0.110. The molecule has 0 bridgehead atoms. The zero-order chi connectivity index (χ0) is 12.1. The lowest BCUT2D eigenvalue weighted by Gasteiger charge is -2.24. The summed E-state index contributed by atoms with van der Waals surface area (Å²) in [5, 5.41) is 11.2. The van der Waals surface area contributed by atoms with Crippen LogP contribution in [0.25, 0.3) is 0 Å². The fraction of sp³-hybridized carbons (Fsp3) is 0.800. The third kappa shape index (κ3) is 3.46. The van der Waals surface area contributed by atoms with Crippen LogP contribution in [-0.4, -0.2) is 47.7 Å². The Morgan fingerprint density at radius 1 is 1.56 bits per heavy atom. The summed E-state index contributed by atoms with van der Waals surface area (Å²) in [5.41, 5.74) is 4.83. The first-order valence-electron chi connectivity index (χ1n) is 5.48. The van der Waals surface area contributed by atoms with Gasteiger partial charge in [-0.2, -0.15) is 0 Å². The molecule has 2 unspecified atom stereocenters. The van der Waals surface area contributed by atoms with Gasteiger partial charge in [0.2, 0.25) is 5.91 Å². The minimum Gasteiger partial charge on any atom is -0.395 e. The number of aliphatic hydroxyl groups is 1. The normalized spacial score (nSPS) is 25.6. The average Bonchev–Trinajstić information content (AvgIpc) is 2.55. The minimum atomic E-state index is -0.821. The van der Waals surface area contributed by atoms with Crippen LogP contribution in [0.5, 0.6) is 0 Å². The van der Waals surface area contributed by atoms with Gasteiger partial charge in [0.1, 0.15) is 0 Å². The van der Waals surface area contributed by atoms with Gasteiger partial charge in [0.05, 0.1) is 6.61 Å². The molecule has 0 saturated carbocycles. The van der Waals surface area contributed by atoms with Crippen LogP contribution in [0.4, 0.5) is 4.79 Å². The predicted octanol–water partition coefficient (Wildman–Crippen LogP) is -0.726. The quantitative estimate of drug-likeness (QED) is 0.592. The lowest BCUT2D eigenvalue weighted by molar-refractivity contribution is -0.120. The van der Waals surface area contributed by atoms with Crippen molar-refractivity contribution in [3.8, 4) is 0 Å². The maximum atomic E-state index is 11.2. The van der Waals surface area contributed by atoms with Crippen LogP contribution in [0.2, 0.25) is 0 Å². The smallest absolute Gasteiger partial charge is 0.318 e. The number of likely N-dealkylation sites (tertiary alicyclic amines) is 1. The van der Waals surface area contributed by atoms with E-state index >= 15 is 0 Å². The number of amides is 3. The van der Waals surface area contributed by atoms with Crippen molar-refractivity contribution in [2.24, 2.45) is 11.7 Å². The summed E-state index contributed by atoms with van der Waals surface area (Å²) in [6, 6.07) is -0.695. The van der Waals surface area contributed by atoms with Crippen molar-refractivity contribution in [1.29, 1.82) is 0 Å². The lowest BCUT2D eigenvalue weighted by Crippen LogP contribution is -2.40. The number of nitrogens with two attached hydrogens (primary N) is 1. The van der Waals surface area contributed by atoms with E-state index in [-0.39, 0.29) is 25.0 Å². The number of urea groups is 1. The summed E-state index contributed by atoms with van der Waals surface area (Å²) < 4.78 is 0. The zero-order valence-corrected chi connectivity index (χ0v) is 9.48. The topological polar surface area (TPSA) is 95.7 Å². The average molecular weight is 229 g/mol. The van der Waals surface area contributed by atoms with Gasteiger partial charge in [-0.25, -0.2) is 4.79 Å². The molecule has 3 amide bonds. The van der Waals surface area contributed by atoms with Gasteiger partial charge in [-0.15, -0.1) is 0 Å². The molecule has 0 aromatic rings. The summed E-state index contributed by atoms with van der Waals surface area (Å²) in [6.45, 7) is 3.63. The van der Waals surface area contributed by atoms with Gasteiger partial charge in [-0.05, 0) is 18.9 Å². The van der Waals surface area contributed by atoms with Crippen LogP contribution in [0.15, 0.2) is 0 Å². The number of hydrogen-bond acceptors (Lipinski definition) is 4. The monoisotopic (exact) mass is 229 g/mol. The summed E-state index contributed by atoms with van der Waals surface area (Å²) >= 11 is 0. The molecule has 6 nitrogen and oxygen atoms in total. The van der Waals surface area contributed by atoms with Crippen molar-refractivity contribution in [2.45, 2.75) is 25.8 Å². The third-order valence-corrected chi connectivity index (χ3v) is 3.07. The van der Waals surface area contributed by atoms with Crippen LogP contribution in [0.3, 0.4) is 0 Å². The van der Waals surface area contributed by atoms with Crippen molar-refractivity contribution in [3.63, 3.8) is 0 Å². The van der Waals surface area contributed by atoms with Gasteiger partial charge in [0.15, 0.2) is 0 Å². The molecule has 0 aliphatic carbocycles. The number of rotatable bonds is 4. The van der Waals surface area contributed by atoms with Gasteiger partial charge in [0.25, 0.3) is 0 Å². The van der Waals surface area contributed by atoms with Gasteiger partial charge < -0.3 is 10.8 Å². The molecule has 1 fully saturated rings. The molecular formula is C10H19N3O3. The van der Waals surface area contributed by atoms with Crippen molar-refractivity contribution in [2.75, 3.05) is 19.7 Å². The highest BCUT2D eigenvalue weighted by Crippen LogP contribution is 2.23. The number of carbonyl (C=O) groups is 2. The van der Waals surface area contributed by atoms with Crippen LogP contribution in [0, 0.1) is 5.92 Å². The fourth-order valence-electron chi connectivity index (χ4n) is 2.11. The summed E-state index contributed by atoms with van der Waals surface area (Å²) in [5.74, 6) is 0.0768. The van der Waals surface area contributed by atoms with E-state index in [0.29, 0.717) is 12.5 Å². The molecule has 6 heteroatoms. The number of nitrogens with one attached hydrogen (secondary N) is 1. The number of carbonyl (C=O) groups excluding carboxylic acids is 2. The Labute approximate surface area is 94.8 Å². The number of aliphatic hydroxyl groups excluding tert-OH is 1. The van der Waals surface area contributed by atoms with Gasteiger partial charge in [-0.1, -0.05) is 6.92 Å². The number of hydrogen-bond donors (Lipinski definition) is 3. The van der Waals surface area contributed by atoms with Gasteiger partial charge >= 0.3 is 6.03 Å². The second kappa shape index (κ2) is 5.81. The molecule has 0 aromatic heterocycles. The highest BCUT2D eigenvalue weighted by molar-refractivity contribution is 5.93. The van der Waals surface area contributed by atoms with Gasteiger partial charge in [-0.3, -0.25) is 15.0 Å². The second-order valence-corrected chi connectivity index (χ2v) is 4.21. The van der Waals surface area contributed by atoms with Crippen LogP contribution in [0.1, 0.15) is 19.8 Å². The molecule has 0 spiro atoms. The Bertz CT molecular complexity index is 270. The van der Waals surface area contributed by atoms with E-state index in [2.05, 4.69) is 11.8 Å². The molecule has 0 radical (unpaired) electrons. The molecule has 4 N–H and O–H groups in total. The maximum Gasteiger partial charge on any atom is 0.318 e. The Morgan fingerprint density at radius 3 is 2.81 bits per heavy atom. The molecule has 1 rings (SSSR count). The number of primary amides is 1. The zero-order valence-electron chi connectivity index (χ0n) is 9.48. The number of imide groups is 1. The highest BCUT2D eigenvalue weighted by atomic mass is 16.3. The maximum absolute atomic E-state index is 11.2.